The Labute approximate surface area is 161 Å². The highest BCUT2D eigenvalue weighted by atomic mass is 16.5. The summed E-state index contributed by atoms with van der Waals surface area (Å²) < 4.78 is 15.3. The number of hydrogen-bond acceptors (Lipinski definition) is 5. The number of methoxy groups -OCH3 is 3. The lowest BCUT2D eigenvalue weighted by Gasteiger charge is -2.24. The highest BCUT2D eigenvalue weighted by Crippen LogP contribution is 2.25. The first-order chi connectivity index (χ1) is 13.1. The van der Waals surface area contributed by atoms with Crippen LogP contribution in [0.3, 0.4) is 0 Å². The van der Waals surface area contributed by atoms with E-state index in [1.165, 1.54) is 25.5 Å². The molecular weight excluding hydrogens is 346 g/mol. The molecule has 0 aromatic heterocycles. The van der Waals surface area contributed by atoms with Gasteiger partial charge in [-0.25, -0.2) is 0 Å². The molecule has 0 saturated heterocycles. The lowest BCUT2D eigenvalue weighted by molar-refractivity contribution is -0.140. The molecule has 0 aliphatic heterocycles. The third kappa shape index (κ3) is 6.31. The minimum atomic E-state index is -0.326. The maximum Gasteiger partial charge on any atom is 0.307 e. The summed E-state index contributed by atoms with van der Waals surface area (Å²) in [6.45, 7) is 0.888. The summed E-state index contributed by atoms with van der Waals surface area (Å²) in [6.07, 6.45) is 7.91. The number of allylic oxidation sites excluding steroid dienone is 1. The smallest absolute Gasteiger partial charge is 0.307 e. The second-order valence-corrected chi connectivity index (χ2v) is 6.58. The summed E-state index contributed by atoms with van der Waals surface area (Å²) >= 11 is 0. The summed E-state index contributed by atoms with van der Waals surface area (Å²) in [4.78, 5) is 26.4. The predicted octanol–water partition coefficient (Wildman–Crippen LogP) is 3.60. The van der Waals surface area contributed by atoms with Gasteiger partial charge in [0.1, 0.15) is 11.5 Å². The molecule has 27 heavy (non-hydrogen) atoms. The number of ether oxygens (including phenoxy) is 3. The van der Waals surface area contributed by atoms with Gasteiger partial charge in [0, 0.05) is 24.7 Å². The third-order valence-corrected chi connectivity index (χ3v) is 4.79. The summed E-state index contributed by atoms with van der Waals surface area (Å²) in [7, 11) is 4.45. The largest absolute Gasteiger partial charge is 0.497 e. The van der Waals surface area contributed by atoms with E-state index in [1.54, 1.807) is 37.3 Å². The molecule has 0 spiro atoms. The molecule has 1 amide bonds. The molecule has 1 aromatic carbocycles. The number of benzene rings is 1. The van der Waals surface area contributed by atoms with E-state index in [-0.39, 0.29) is 18.3 Å². The van der Waals surface area contributed by atoms with Crippen LogP contribution in [0.5, 0.6) is 11.5 Å². The van der Waals surface area contributed by atoms with Gasteiger partial charge in [0.25, 0.3) is 5.91 Å². The number of nitrogens with zero attached hydrogens (tertiary/aromatic N) is 1. The number of hydrogen-bond donors (Lipinski definition) is 0. The number of carbonyl (C=O) groups is 2. The van der Waals surface area contributed by atoms with Gasteiger partial charge in [-0.15, -0.1) is 0 Å². The van der Waals surface area contributed by atoms with Crippen LogP contribution >= 0.6 is 0 Å². The van der Waals surface area contributed by atoms with E-state index in [0.717, 1.165) is 19.3 Å². The molecule has 0 N–H and O–H groups in total. The molecule has 1 aliphatic rings. The fourth-order valence-electron chi connectivity index (χ4n) is 3.17. The van der Waals surface area contributed by atoms with Gasteiger partial charge in [-0.2, -0.15) is 0 Å². The van der Waals surface area contributed by atoms with E-state index in [9.17, 15) is 9.59 Å². The molecule has 0 radical (unpaired) electrons. The molecule has 6 heteroatoms. The van der Waals surface area contributed by atoms with Gasteiger partial charge >= 0.3 is 5.97 Å². The van der Waals surface area contributed by atoms with Crippen molar-refractivity contribution >= 4 is 11.9 Å². The van der Waals surface area contributed by atoms with E-state index in [0.29, 0.717) is 30.2 Å². The van der Waals surface area contributed by atoms with Crippen LogP contribution in [0.25, 0.3) is 0 Å². The Balaban J connectivity index is 2.15. The van der Waals surface area contributed by atoms with Gasteiger partial charge in [0.2, 0.25) is 0 Å². The van der Waals surface area contributed by atoms with E-state index in [1.807, 2.05) is 0 Å². The van der Waals surface area contributed by atoms with Crippen molar-refractivity contribution in [3.63, 3.8) is 0 Å². The van der Waals surface area contributed by atoms with Crippen LogP contribution in [0.1, 0.15) is 48.9 Å². The number of rotatable bonds is 9. The molecular formula is C21H29NO5. The summed E-state index contributed by atoms with van der Waals surface area (Å²) in [5.74, 6) is 0.640. The van der Waals surface area contributed by atoms with Crippen LogP contribution < -0.4 is 9.47 Å². The first-order valence-corrected chi connectivity index (χ1v) is 9.34. The fourth-order valence-corrected chi connectivity index (χ4v) is 3.17. The lowest BCUT2D eigenvalue weighted by Crippen LogP contribution is -2.34. The van der Waals surface area contributed by atoms with Crippen LogP contribution in [0.15, 0.2) is 29.8 Å². The molecule has 0 fully saturated rings. The molecule has 0 heterocycles. The highest BCUT2D eigenvalue weighted by Gasteiger charge is 2.19. The summed E-state index contributed by atoms with van der Waals surface area (Å²) in [6, 6.07) is 5.11. The van der Waals surface area contributed by atoms with Crippen molar-refractivity contribution in [2.24, 2.45) is 0 Å². The third-order valence-electron chi connectivity index (χ3n) is 4.79. The average molecular weight is 375 g/mol. The van der Waals surface area contributed by atoms with Crippen molar-refractivity contribution < 1.29 is 23.8 Å². The molecule has 6 nitrogen and oxygen atoms in total. The Morgan fingerprint density at radius 2 is 1.70 bits per heavy atom. The van der Waals surface area contributed by atoms with Crippen molar-refractivity contribution in [3.05, 3.63) is 35.4 Å². The average Bonchev–Trinajstić information content (AvgIpc) is 2.73. The van der Waals surface area contributed by atoms with Crippen LogP contribution in [0.2, 0.25) is 0 Å². The molecule has 0 saturated carbocycles. The van der Waals surface area contributed by atoms with Crippen LogP contribution in [-0.4, -0.2) is 51.2 Å². The zero-order valence-electron chi connectivity index (χ0n) is 16.5. The first kappa shape index (κ1) is 20.8. The summed E-state index contributed by atoms with van der Waals surface area (Å²) in [5, 5.41) is 0. The molecule has 0 unspecified atom stereocenters. The van der Waals surface area contributed by atoms with E-state index < -0.39 is 0 Å². The quantitative estimate of drug-likeness (QED) is 0.487. The van der Waals surface area contributed by atoms with Gasteiger partial charge in [-0.05, 0) is 44.2 Å². The number of carbonyl (C=O) groups excluding carboxylic acids is 2. The second-order valence-electron chi connectivity index (χ2n) is 6.58. The lowest BCUT2D eigenvalue weighted by atomic mass is 9.97. The molecule has 0 bridgehead atoms. The minimum absolute atomic E-state index is 0.146. The Bertz CT molecular complexity index is 661. The SMILES string of the molecule is COC(=O)CCN(CCC1=CCCCC1)C(=O)c1cc(OC)cc(OC)c1. The maximum absolute atomic E-state index is 13.1. The van der Waals surface area contributed by atoms with E-state index >= 15 is 0 Å². The number of amides is 1. The van der Waals surface area contributed by atoms with E-state index in [4.69, 9.17) is 14.2 Å². The maximum atomic E-state index is 13.1. The molecule has 2 rings (SSSR count). The van der Waals surface area contributed by atoms with Crippen LogP contribution in [0, 0.1) is 0 Å². The van der Waals surface area contributed by atoms with Crippen molar-refractivity contribution in [3.8, 4) is 11.5 Å². The van der Waals surface area contributed by atoms with Gasteiger partial charge in [-0.1, -0.05) is 11.6 Å². The van der Waals surface area contributed by atoms with Crippen molar-refractivity contribution in [1.29, 1.82) is 0 Å². The second kappa shape index (κ2) is 10.6. The van der Waals surface area contributed by atoms with Gasteiger partial charge in [-0.3, -0.25) is 9.59 Å². The van der Waals surface area contributed by atoms with Crippen LogP contribution in [0.4, 0.5) is 0 Å². The fraction of sp³-hybridized carbons (Fsp3) is 0.524. The zero-order chi connectivity index (χ0) is 19.6. The molecule has 148 valence electrons. The Morgan fingerprint density at radius 1 is 1.00 bits per heavy atom. The van der Waals surface area contributed by atoms with E-state index in [2.05, 4.69) is 6.08 Å². The van der Waals surface area contributed by atoms with Crippen molar-refractivity contribution in [1.82, 2.24) is 4.90 Å². The van der Waals surface area contributed by atoms with Gasteiger partial charge in [0.05, 0.1) is 27.8 Å². The summed E-state index contributed by atoms with van der Waals surface area (Å²) in [5.41, 5.74) is 1.87. The minimum Gasteiger partial charge on any atom is -0.497 e. The van der Waals surface area contributed by atoms with Crippen molar-refractivity contribution in [2.75, 3.05) is 34.4 Å². The van der Waals surface area contributed by atoms with Gasteiger partial charge in [0.15, 0.2) is 0 Å². The monoisotopic (exact) mass is 375 g/mol. The predicted molar refractivity (Wildman–Crippen MR) is 103 cm³/mol. The Hall–Kier alpha value is -2.50. The first-order valence-electron chi connectivity index (χ1n) is 9.34. The zero-order valence-corrected chi connectivity index (χ0v) is 16.5. The van der Waals surface area contributed by atoms with Crippen molar-refractivity contribution in [2.45, 2.75) is 38.5 Å². The standard InChI is InChI=1S/C21H29NO5/c1-25-18-13-17(14-19(15-18)26-2)21(24)22(12-10-20(23)27-3)11-9-16-7-5-4-6-8-16/h7,13-15H,4-6,8-12H2,1-3H3. The Morgan fingerprint density at radius 3 is 2.26 bits per heavy atom. The Kier molecular flexibility index (Phi) is 8.17. The highest BCUT2D eigenvalue weighted by molar-refractivity contribution is 5.95. The molecule has 0 atom stereocenters. The van der Waals surface area contributed by atoms with Crippen LogP contribution in [-0.2, 0) is 9.53 Å². The topological polar surface area (TPSA) is 65.1 Å². The molecule has 1 aromatic rings. The number of esters is 1. The normalized spacial score (nSPS) is 13.5. The van der Waals surface area contributed by atoms with Gasteiger partial charge < -0.3 is 19.1 Å². The molecule has 1 aliphatic carbocycles.